The van der Waals surface area contributed by atoms with E-state index in [-0.39, 0.29) is 35.3 Å². The van der Waals surface area contributed by atoms with E-state index in [1.165, 1.54) is 10.6 Å². The molecular formula is C28H24F2N2O5. The molecule has 1 N–H and O–H groups in total. The summed E-state index contributed by atoms with van der Waals surface area (Å²) in [4.78, 5) is 15.5. The van der Waals surface area contributed by atoms with Crippen molar-refractivity contribution in [3.63, 3.8) is 0 Å². The molecule has 4 aromatic rings. The van der Waals surface area contributed by atoms with Crippen LogP contribution in [0.2, 0.25) is 0 Å². The van der Waals surface area contributed by atoms with E-state index in [1.54, 1.807) is 13.0 Å². The Bertz CT molecular complexity index is 1530. The smallest absolute Gasteiger partial charge is 0.304 e. The lowest BCUT2D eigenvalue weighted by Gasteiger charge is -2.14. The highest BCUT2D eigenvalue weighted by Gasteiger charge is 2.31. The number of carboxylic acid groups (broad SMARTS) is 1. The first-order valence-electron chi connectivity index (χ1n) is 12.2. The maximum absolute atomic E-state index is 14.9. The summed E-state index contributed by atoms with van der Waals surface area (Å²) < 4.78 is 48.2. The molecule has 2 atom stereocenters. The number of halogens is 2. The van der Waals surface area contributed by atoms with Crippen LogP contribution in [0.15, 0.2) is 48.5 Å². The molecule has 2 aliphatic rings. The maximum Gasteiger partial charge on any atom is 0.304 e. The van der Waals surface area contributed by atoms with Gasteiger partial charge in [0.15, 0.2) is 11.6 Å². The van der Waals surface area contributed by atoms with Crippen molar-refractivity contribution in [1.82, 2.24) is 9.55 Å². The van der Waals surface area contributed by atoms with Gasteiger partial charge in [-0.1, -0.05) is 24.3 Å². The monoisotopic (exact) mass is 506 g/mol. The molecule has 0 spiro atoms. The first kappa shape index (κ1) is 23.3. The van der Waals surface area contributed by atoms with Gasteiger partial charge in [0.05, 0.1) is 37.4 Å². The third-order valence-corrected chi connectivity index (χ3v) is 6.95. The number of hydrogen-bond donors (Lipinski definition) is 1. The van der Waals surface area contributed by atoms with Crippen molar-refractivity contribution in [2.45, 2.75) is 31.6 Å². The second-order valence-electron chi connectivity index (χ2n) is 9.28. The molecule has 190 valence electrons. The Balaban J connectivity index is 1.35. The van der Waals surface area contributed by atoms with Crippen LogP contribution < -0.4 is 14.2 Å². The van der Waals surface area contributed by atoms with Gasteiger partial charge in [-0.2, -0.15) is 4.98 Å². The van der Waals surface area contributed by atoms with Gasteiger partial charge in [-0.05, 0) is 43.2 Å². The minimum Gasteiger partial charge on any atom is -0.493 e. The lowest BCUT2D eigenvalue weighted by Crippen LogP contribution is -2.07. The molecule has 2 aliphatic heterocycles. The predicted molar refractivity (Wildman–Crippen MR) is 131 cm³/mol. The first-order valence-corrected chi connectivity index (χ1v) is 12.2. The first-order chi connectivity index (χ1) is 17.9. The van der Waals surface area contributed by atoms with Gasteiger partial charge in [-0.3, -0.25) is 9.36 Å². The van der Waals surface area contributed by atoms with E-state index in [0.717, 1.165) is 28.5 Å². The minimum atomic E-state index is -0.998. The van der Waals surface area contributed by atoms with Gasteiger partial charge in [0.2, 0.25) is 0 Å². The maximum atomic E-state index is 14.9. The highest BCUT2D eigenvalue weighted by molar-refractivity contribution is 5.81. The summed E-state index contributed by atoms with van der Waals surface area (Å²) in [6.45, 7) is 2.88. The summed E-state index contributed by atoms with van der Waals surface area (Å²) in [5.41, 5.74) is 3.72. The Morgan fingerprint density at radius 1 is 1.11 bits per heavy atom. The summed E-state index contributed by atoms with van der Waals surface area (Å²) >= 11 is 0. The van der Waals surface area contributed by atoms with Crippen molar-refractivity contribution in [1.29, 1.82) is 0 Å². The number of carbonyl (C=O) groups is 1. The molecular weight excluding hydrogens is 482 g/mol. The number of para-hydroxylation sites is 1. The second-order valence-corrected chi connectivity index (χ2v) is 9.28. The average Bonchev–Trinajstić information content (AvgIpc) is 3.57. The third-order valence-electron chi connectivity index (χ3n) is 6.95. The number of fused-ring (bicyclic) bond motifs is 3. The van der Waals surface area contributed by atoms with Crippen LogP contribution in [0.3, 0.4) is 0 Å². The van der Waals surface area contributed by atoms with Gasteiger partial charge in [0.25, 0.3) is 0 Å². The molecule has 0 saturated carbocycles. The fourth-order valence-corrected chi connectivity index (χ4v) is 5.28. The topological polar surface area (TPSA) is 82.8 Å². The number of imidazole rings is 1. The summed E-state index contributed by atoms with van der Waals surface area (Å²) in [7, 11) is 0. The standard InChI is InChI=1S/C28H24F2N2O5/c1-2-35-28-31-21-9-8-20(29)25(30)26(21)32(28)22-5-3-4-19-16(14-37-27(19)22)10-15-6-7-18-17(12-24(33)34)13-36-23(18)11-15/h3-9,11,16-17H,2,10,12-14H2,1H3,(H,33,34)/t16-,17-/m1/s1. The molecule has 7 nitrogen and oxygen atoms in total. The molecule has 3 heterocycles. The van der Waals surface area contributed by atoms with Crippen LogP contribution in [0.5, 0.6) is 17.5 Å². The molecule has 0 aliphatic carbocycles. The minimum absolute atomic E-state index is 0.00409. The Labute approximate surface area is 211 Å². The van der Waals surface area contributed by atoms with Crippen molar-refractivity contribution >= 4 is 17.0 Å². The van der Waals surface area contributed by atoms with Crippen LogP contribution in [-0.4, -0.2) is 40.4 Å². The quantitative estimate of drug-likeness (QED) is 0.363. The van der Waals surface area contributed by atoms with Crippen LogP contribution in [0.1, 0.15) is 41.9 Å². The molecule has 0 saturated heterocycles. The number of nitrogens with zero attached hydrogens (tertiary/aromatic N) is 2. The number of ether oxygens (including phenoxy) is 3. The number of hydrogen-bond acceptors (Lipinski definition) is 5. The number of aliphatic carboxylic acids is 1. The lowest BCUT2D eigenvalue weighted by molar-refractivity contribution is -0.137. The zero-order valence-corrected chi connectivity index (χ0v) is 20.0. The molecule has 3 aromatic carbocycles. The molecule has 0 unspecified atom stereocenters. The highest BCUT2D eigenvalue weighted by Crippen LogP contribution is 2.44. The molecule has 0 amide bonds. The van der Waals surface area contributed by atoms with Gasteiger partial charge in [0, 0.05) is 23.0 Å². The fraction of sp³-hybridized carbons (Fsp3) is 0.286. The van der Waals surface area contributed by atoms with E-state index in [1.807, 2.05) is 30.3 Å². The van der Waals surface area contributed by atoms with Crippen LogP contribution >= 0.6 is 0 Å². The average molecular weight is 507 g/mol. The summed E-state index contributed by atoms with van der Waals surface area (Å²) in [5.74, 6) is -1.63. The van der Waals surface area contributed by atoms with Crippen LogP contribution in [0.25, 0.3) is 16.7 Å². The van der Waals surface area contributed by atoms with Crippen LogP contribution in [-0.2, 0) is 11.2 Å². The van der Waals surface area contributed by atoms with Gasteiger partial charge in [-0.25, -0.2) is 8.78 Å². The molecule has 37 heavy (non-hydrogen) atoms. The van der Waals surface area contributed by atoms with Gasteiger partial charge in [-0.15, -0.1) is 0 Å². The van der Waals surface area contributed by atoms with Crippen molar-refractivity contribution in [3.05, 3.63) is 76.9 Å². The third kappa shape index (κ3) is 3.94. The van der Waals surface area contributed by atoms with E-state index in [2.05, 4.69) is 4.98 Å². The van der Waals surface area contributed by atoms with E-state index >= 15 is 0 Å². The zero-order valence-electron chi connectivity index (χ0n) is 20.0. The van der Waals surface area contributed by atoms with Crippen molar-refractivity contribution in [2.24, 2.45) is 0 Å². The Kier molecular flexibility index (Phi) is 5.70. The summed E-state index contributed by atoms with van der Waals surface area (Å²) in [5, 5.41) is 9.14. The zero-order chi connectivity index (χ0) is 25.7. The molecule has 1 aromatic heterocycles. The van der Waals surface area contributed by atoms with Gasteiger partial charge >= 0.3 is 12.0 Å². The number of carboxylic acids is 1. The Morgan fingerprint density at radius 2 is 1.95 bits per heavy atom. The molecule has 0 radical (unpaired) electrons. The van der Waals surface area contributed by atoms with Crippen molar-refractivity contribution in [3.8, 4) is 23.2 Å². The Morgan fingerprint density at radius 3 is 2.76 bits per heavy atom. The molecule has 9 heteroatoms. The molecule has 0 fully saturated rings. The molecule has 6 rings (SSSR count). The molecule has 0 bridgehead atoms. The lowest BCUT2D eigenvalue weighted by atomic mass is 9.91. The SMILES string of the molecule is CCOc1nc2ccc(F)c(F)c2n1-c1cccc2c1OC[C@H]2Cc1ccc2c(c1)OC[C@H]2CC(=O)O. The number of rotatable bonds is 7. The Hall–Kier alpha value is -4.14. The number of benzene rings is 3. The van der Waals surface area contributed by atoms with Gasteiger partial charge in [0.1, 0.15) is 17.0 Å². The van der Waals surface area contributed by atoms with E-state index < -0.39 is 17.6 Å². The van der Waals surface area contributed by atoms with E-state index in [0.29, 0.717) is 37.7 Å². The number of aromatic nitrogens is 2. The van der Waals surface area contributed by atoms with Crippen molar-refractivity contribution in [2.75, 3.05) is 19.8 Å². The fourth-order valence-electron chi connectivity index (χ4n) is 5.28. The van der Waals surface area contributed by atoms with Crippen molar-refractivity contribution < 1.29 is 32.9 Å². The van der Waals surface area contributed by atoms with Crippen LogP contribution in [0.4, 0.5) is 8.78 Å². The predicted octanol–water partition coefficient (Wildman–Crippen LogP) is 5.37. The van der Waals surface area contributed by atoms with Gasteiger partial charge < -0.3 is 19.3 Å². The second kappa shape index (κ2) is 9.06. The summed E-state index contributed by atoms with van der Waals surface area (Å²) in [6.07, 6.45) is 0.707. The normalized spacial score (nSPS) is 17.8. The largest absolute Gasteiger partial charge is 0.493 e. The highest BCUT2D eigenvalue weighted by atomic mass is 19.2. The van der Waals surface area contributed by atoms with E-state index in [4.69, 9.17) is 19.3 Å². The summed E-state index contributed by atoms with van der Waals surface area (Å²) in [6, 6.07) is 14.2. The van der Waals surface area contributed by atoms with E-state index in [9.17, 15) is 13.6 Å². The van der Waals surface area contributed by atoms with Crippen LogP contribution in [0, 0.1) is 11.6 Å².